The van der Waals surface area contributed by atoms with Crippen molar-refractivity contribution >= 4 is 23.2 Å². The highest BCUT2D eigenvalue weighted by Crippen LogP contribution is 2.42. The Morgan fingerprint density at radius 1 is 1.48 bits per heavy atom. The molecule has 1 saturated carbocycles. The summed E-state index contributed by atoms with van der Waals surface area (Å²) in [6.07, 6.45) is 3.25. The smallest absolute Gasteiger partial charge is 0.311 e. The third kappa shape index (κ3) is 3.44. The second-order valence-electron chi connectivity index (χ2n) is 5.90. The maximum Gasteiger partial charge on any atom is 0.311 e. The van der Waals surface area contributed by atoms with Crippen LogP contribution in [0.1, 0.15) is 51.3 Å². The Hall–Kier alpha value is -2.15. The number of carboxylic acids is 1. The van der Waals surface area contributed by atoms with Gasteiger partial charge in [0.1, 0.15) is 17.2 Å². The van der Waals surface area contributed by atoms with Gasteiger partial charge in [0.15, 0.2) is 0 Å². The number of carboxylic acid groups (broad SMARTS) is 1. The average molecular weight is 334 g/mol. The van der Waals surface area contributed by atoms with Crippen molar-refractivity contribution in [1.82, 2.24) is 10.3 Å². The zero-order chi connectivity index (χ0) is 16.6. The fourth-order valence-corrected chi connectivity index (χ4v) is 3.55. The van der Waals surface area contributed by atoms with Crippen LogP contribution in [0.15, 0.2) is 16.1 Å². The van der Waals surface area contributed by atoms with Crippen LogP contribution in [-0.4, -0.2) is 22.0 Å². The number of aromatic nitrogens is 1. The van der Waals surface area contributed by atoms with Gasteiger partial charge < -0.3 is 14.8 Å². The summed E-state index contributed by atoms with van der Waals surface area (Å²) in [5.41, 5.74) is 1.91. The van der Waals surface area contributed by atoms with Crippen LogP contribution in [0.4, 0.5) is 0 Å². The minimum absolute atomic E-state index is 0.117. The highest BCUT2D eigenvalue weighted by atomic mass is 32.1. The van der Waals surface area contributed by atoms with Crippen molar-refractivity contribution in [3.8, 4) is 0 Å². The lowest BCUT2D eigenvalue weighted by Crippen LogP contribution is -2.30. The van der Waals surface area contributed by atoms with Crippen LogP contribution in [0.3, 0.4) is 0 Å². The average Bonchev–Trinajstić information content (AvgIpc) is 3.13. The molecule has 0 saturated heterocycles. The van der Waals surface area contributed by atoms with Gasteiger partial charge in [-0.1, -0.05) is 0 Å². The lowest BCUT2D eigenvalue weighted by molar-refractivity contribution is -0.136. The Labute approximate surface area is 137 Å². The van der Waals surface area contributed by atoms with Crippen molar-refractivity contribution < 1.29 is 19.1 Å². The van der Waals surface area contributed by atoms with E-state index in [-0.39, 0.29) is 24.1 Å². The van der Waals surface area contributed by atoms with E-state index in [0.29, 0.717) is 17.0 Å². The molecule has 0 aromatic carbocycles. The first-order chi connectivity index (χ1) is 11.0. The zero-order valence-electron chi connectivity index (χ0n) is 13.0. The molecule has 1 unspecified atom stereocenters. The van der Waals surface area contributed by atoms with E-state index in [1.807, 2.05) is 12.3 Å². The number of carbonyl (C=O) groups excluding carboxylic acids is 1. The molecular formula is C16H18N2O4S. The van der Waals surface area contributed by atoms with Gasteiger partial charge in [0.05, 0.1) is 17.9 Å². The highest BCUT2D eigenvalue weighted by molar-refractivity contribution is 7.09. The summed E-state index contributed by atoms with van der Waals surface area (Å²) in [6, 6.07) is -0.117. The Morgan fingerprint density at radius 3 is 2.78 bits per heavy atom. The highest BCUT2D eigenvalue weighted by Gasteiger charge is 2.36. The van der Waals surface area contributed by atoms with Crippen molar-refractivity contribution in [3.05, 3.63) is 39.2 Å². The maximum absolute atomic E-state index is 12.7. The third-order valence-electron chi connectivity index (χ3n) is 3.87. The van der Waals surface area contributed by atoms with E-state index >= 15 is 0 Å². The number of carbonyl (C=O) groups is 2. The quantitative estimate of drug-likeness (QED) is 0.847. The first kappa shape index (κ1) is 15.7. The Balaban J connectivity index is 1.82. The predicted molar refractivity (Wildman–Crippen MR) is 84.6 cm³/mol. The first-order valence-electron chi connectivity index (χ1n) is 7.47. The van der Waals surface area contributed by atoms with Crippen LogP contribution in [0.2, 0.25) is 0 Å². The van der Waals surface area contributed by atoms with Crippen LogP contribution in [-0.2, 0) is 11.2 Å². The number of aryl methyl sites for hydroxylation is 2. The number of furan rings is 1. The number of nitrogens with one attached hydrogen (secondary N) is 1. The Bertz CT molecular complexity index is 745. The molecule has 2 heterocycles. The summed E-state index contributed by atoms with van der Waals surface area (Å²) < 4.78 is 5.24. The molecule has 0 bridgehead atoms. The molecule has 1 aliphatic carbocycles. The molecular weight excluding hydrogens is 316 g/mol. The van der Waals surface area contributed by atoms with E-state index in [1.165, 1.54) is 6.26 Å². The van der Waals surface area contributed by atoms with Crippen molar-refractivity contribution in [2.45, 2.75) is 39.2 Å². The van der Waals surface area contributed by atoms with Gasteiger partial charge in [0, 0.05) is 16.6 Å². The van der Waals surface area contributed by atoms with E-state index in [4.69, 9.17) is 9.52 Å². The van der Waals surface area contributed by atoms with Crippen LogP contribution in [0.5, 0.6) is 0 Å². The first-order valence-corrected chi connectivity index (χ1v) is 8.35. The topological polar surface area (TPSA) is 92.4 Å². The van der Waals surface area contributed by atoms with Crippen molar-refractivity contribution in [3.63, 3.8) is 0 Å². The van der Waals surface area contributed by atoms with E-state index in [9.17, 15) is 9.59 Å². The number of amides is 1. The summed E-state index contributed by atoms with van der Waals surface area (Å²) in [4.78, 5) is 28.1. The van der Waals surface area contributed by atoms with Crippen molar-refractivity contribution in [2.75, 3.05) is 0 Å². The van der Waals surface area contributed by atoms with Gasteiger partial charge in [-0.2, -0.15) is 0 Å². The molecule has 0 aliphatic heterocycles. The SMILES string of the molecule is Cc1csc(C(NC(=O)c2c(C)coc2CC(=O)O)C2CC2)n1. The zero-order valence-corrected chi connectivity index (χ0v) is 13.8. The molecule has 1 fully saturated rings. The predicted octanol–water partition coefficient (Wildman–Crippen LogP) is 2.86. The summed E-state index contributed by atoms with van der Waals surface area (Å²) in [5.74, 6) is -0.725. The van der Waals surface area contributed by atoms with Crippen LogP contribution in [0.25, 0.3) is 0 Å². The normalized spacial score (nSPS) is 15.4. The number of hydrogen-bond donors (Lipinski definition) is 2. The molecule has 7 heteroatoms. The molecule has 1 aliphatic rings. The Kier molecular flexibility index (Phi) is 4.21. The lowest BCUT2D eigenvalue weighted by atomic mass is 10.1. The third-order valence-corrected chi connectivity index (χ3v) is 4.92. The van der Waals surface area contributed by atoms with E-state index < -0.39 is 5.97 Å². The minimum atomic E-state index is -1.03. The molecule has 1 atom stereocenters. The van der Waals surface area contributed by atoms with E-state index in [1.54, 1.807) is 18.3 Å². The van der Waals surface area contributed by atoms with E-state index in [2.05, 4.69) is 10.3 Å². The van der Waals surface area contributed by atoms with Gasteiger partial charge >= 0.3 is 5.97 Å². The summed E-state index contributed by atoms with van der Waals surface area (Å²) >= 11 is 1.54. The molecule has 23 heavy (non-hydrogen) atoms. The molecule has 1 amide bonds. The molecule has 2 aromatic rings. The van der Waals surface area contributed by atoms with Crippen LogP contribution in [0, 0.1) is 19.8 Å². The molecule has 2 aromatic heterocycles. The van der Waals surface area contributed by atoms with Crippen molar-refractivity contribution in [2.24, 2.45) is 5.92 Å². The second-order valence-corrected chi connectivity index (χ2v) is 6.79. The number of hydrogen-bond acceptors (Lipinski definition) is 5. The largest absolute Gasteiger partial charge is 0.481 e. The number of nitrogens with zero attached hydrogens (tertiary/aromatic N) is 1. The van der Waals surface area contributed by atoms with Gasteiger partial charge in [-0.15, -0.1) is 11.3 Å². The fraction of sp³-hybridized carbons (Fsp3) is 0.438. The molecule has 6 nitrogen and oxygen atoms in total. The van der Waals surface area contributed by atoms with E-state index in [0.717, 1.165) is 23.5 Å². The number of rotatable bonds is 6. The van der Waals surface area contributed by atoms with Gasteiger partial charge in [0.2, 0.25) is 0 Å². The lowest BCUT2D eigenvalue weighted by Gasteiger charge is -2.16. The van der Waals surface area contributed by atoms with Crippen LogP contribution >= 0.6 is 11.3 Å². The summed E-state index contributed by atoms with van der Waals surface area (Å²) in [6.45, 7) is 3.67. The van der Waals surface area contributed by atoms with Gasteiger partial charge in [-0.25, -0.2) is 4.98 Å². The molecule has 122 valence electrons. The van der Waals surface area contributed by atoms with Gasteiger partial charge in [-0.3, -0.25) is 9.59 Å². The van der Waals surface area contributed by atoms with Crippen LogP contribution < -0.4 is 5.32 Å². The Morgan fingerprint density at radius 2 is 2.22 bits per heavy atom. The standard InChI is InChI=1S/C16H18N2O4S/c1-8-6-22-11(5-12(19)20)13(8)15(21)18-14(10-3-4-10)16-17-9(2)7-23-16/h6-7,10,14H,3-5H2,1-2H3,(H,18,21)(H,19,20). The summed E-state index contributed by atoms with van der Waals surface area (Å²) in [5, 5.41) is 14.8. The maximum atomic E-state index is 12.7. The molecule has 0 radical (unpaired) electrons. The van der Waals surface area contributed by atoms with Crippen molar-refractivity contribution in [1.29, 1.82) is 0 Å². The molecule has 3 rings (SSSR count). The summed E-state index contributed by atoms with van der Waals surface area (Å²) in [7, 11) is 0. The number of thiazole rings is 1. The monoisotopic (exact) mass is 334 g/mol. The number of aliphatic carboxylic acids is 1. The minimum Gasteiger partial charge on any atom is -0.481 e. The van der Waals surface area contributed by atoms with Gasteiger partial charge in [-0.05, 0) is 32.6 Å². The fourth-order valence-electron chi connectivity index (χ4n) is 2.61. The van der Waals surface area contributed by atoms with Gasteiger partial charge in [0.25, 0.3) is 5.91 Å². The second kappa shape index (κ2) is 6.16. The molecule has 2 N–H and O–H groups in total. The molecule has 0 spiro atoms.